The number of benzene rings is 4. The number of piperazine rings is 1. The van der Waals surface area contributed by atoms with Gasteiger partial charge < -0.3 is 14.4 Å². The lowest BCUT2D eigenvalue weighted by molar-refractivity contribution is -0.137. The van der Waals surface area contributed by atoms with Crippen LogP contribution in [0.2, 0.25) is 0 Å². The smallest absolute Gasteiger partial charge is 0.416 e. The maximum atomic E-state index is 14.1. The van der Waals surface area contributed by atoms with Gasteiger partial charge in [0.1, 0.15) is 10.7 Å². The third-order valence-electron chi connectivity index (χ3n) is 8.69. The van der Waals surface area contributed by atoms with Crippen LogP contribution in [0.25, 0.3) is 17.3 Å². The molecule has 1 aromatic heterocycles. The number of ether oxygens (including phenoxy) is 2. The number of fused-ring (bicyclic) bond motifs is 1. The Hall–Kier alpha value is -5.64. The number of carbonyl (C=O) groups excluding carboxylic acids is 1. The highest BCUT2D eigenvalue weighted by molar-refractivity contribution is 7.07. The van der Waals surface area contributed by atoms with Gasteiger partial charge in [0.2, 0.25) is 6.79 Å². The molecule has 2 aliphatic heterocycles. The Morgan fingerprint density at radius 3 is 2.14 bits per heavy atom. The number of amides is 1. The van der Waals surface area contributed by atoms with E-state index in [-0.39, 0.29) is 33.3 Å². The van der Waals surface area contributed by atoms with Crippen LogP contribution in [0.5, 0.6) is 11.5 Å². The lowest BCUT2D eigenvalue weighted by Gasteiger charge is -2.39. The molecule has 0 bridgehead atoms. The number of alkyl halides is 3. The summed E-state index contributed by atoms with van der Waals surface area (Å²) in [5.41, 5.74) is 0.720. The standard InChI is InChI=1S/C38H29F3N4O4S/c39-38(40,41)28-12-7-13-29(22-28)45-36(47)33(21-25-14-15-31-32(20-25)49-24-48-31)50-37(45)30(23-42)35(46)44-18-16-43(17-19-44)34(26-8-3-1-4-9-26)27-10-5-2-6-11-27/h1-15,20-22,34H,16-19,24H2/b33-21-,37-30+. The zero-order valence-electron chi connectivity index (χ0n) is 26.5. The Bertz CT molecular complexity index is 2230. The van der Waals surface area contributed by atoms with Crippen molar-refractivity contribution in [1.82, 2.24) is 14.4 Å². The number of hydrogen-bond donors (Lipinski definition) is 0. The number of nitrogens with zero attached hydrogens (tertiary/aromatic N) is 4. The average Bonchev–Trinajstić information content (AvgIpc) is 3.73. The fourth-order valence-electron chi connectivity index (χ4n) is 6.27. The first-order valence-corrected chi connectivity index (χ1v) is 16.6. The van der Waals surface area contributed by atoms with E-state index in [0.29, 0.717) is 43.2 Å². The molecule has 1 fully saturated rings. The van der Waals surface area contributed by atoms with Gasteiger partial charge in [-0.2, -0.15) is 18.4 Å². The van der Waals surface area contributed by atoms with Gasteiger partial charge in [-0.3, -0.25) is 19.1 Å². The van der Waals surface area contributed by atoms with Crippen molar-refractivity contribution in [3.8, 4) is 23.3 Å². The Labute approximate surface area is 288 Å². The molecule has 0 unspecified atom stereocenters. The van der Waals surface area contributed by atoms with Crippen molar-refractivity contribution in [2.45, 2.75) is 12.2 Å². The SMILES string of the molecule is N#C/C(C(=O)N1CCN(C(c2ccccc2)c2ccccc2)CC1)=c1\s/c(=C\c2ccc3c(c2)OCO3)c(=O)n1-c1cccc(C(F)(F)F)c1. The second-order valence-corrected chi connectivity index (χ2v) is 12.8. The van der Waals surface area contributed by atoms with E-state index in [0.717, 1.165) is 39.2 Å². The first-order valence-electron chi connectivity index (χ1n) is 15.8. The van der Waals surface area contributed by atoms with E-state index in [1.807, 2.05) is 42.5 Å². The monoisotopic (exact) mass is 694 g/mol. The number of hydrogen-bond acceptors (Lipinski definition) is 7. The minimum atomic E-state index is -4.67. The van der Waals surface area contributed by atoms with Crippen LogP contribution in [0.4, 0.5) is 13.2 Å². The van der Waals surface area contributed by atoms with Crippen molar-refractivity contribution in [2.75, 3.05) is 33.0 Å². The fourth-order valence-corrected chi connectivity index (χ4v) is 7.37. The number of rotatable bonds is 6. The molecule has 0 N–H and O–H groups in total. The van der Waals surface area contributed by atoms with Crippen LogP contribution in [0.15, 0.2) is 108 Å². The van der Waals surface area contributed by atoms with Gasteiger partial charge in [0, 0.05) is 26.2 Å². The molecule has 12 heteroatoms. The Morgan fingerprint density at radius 1 is 0.840 bits per heavy atom. The number of aromatic nitrogens is 1. The molecule has 0 radical (unpaired) electrons. The maximum absolute atomic E-state index is 14.1. The molecular weight excluding hydrogens is 666 g/mol. The van der Waals surface area contributed by atoms with Crippen LogP contribution in [-0.4, -0.2) is 53.2 Å². The molecule has 3 heterocycles. The van der Waals surface area contributed by atoms with E-state index < -0.39 is 23.2 Å². The summed E-state index contributed by atoms with van der Waals surface area (Å²) < 4.78 is 53.2. The first kappa shape index (κ1) is 32.9. The van der Waals surface area contributed by atoms with Crippen LogP contribution in [0, 0.1) is 11.3 Å². The number of nitriles is 1. The predicted octanol–water partition coefficient (Wildman–Crippen LogP) is 5.08. The molecule has 0 spiro atoms. The number of halogens is 3. The Morgan fingerprint density at radius 2 is 1.50 bits per heavy atom. The largest absolute Gasteiger partial charge is 0.454 e. The molecule has 2 aliphatic rings. The van der Waals surface area contributed by atoms with Crippen molar-refractivity contribution in [1.29, 1.82) is 5.26 Å². The zero-order valence-corrected chi connectivity index (χ0v) is 27.3. The lowest BCUT2D eigenvalue weighted by Crippen LogP contribution is -2.50. The van der Waals surface area contributed by atoms with Crippen LogP contribution >= 0.6 is 11.3 Å². The number of carbonyl (C=O) groups is 1. The molecular formula is C38H29F3N4O4S. The molecule has 7 rings (SSSR count). The van der Waals surface area contributed by atoms with Crippen LogP contribution in [0.3, 0.4) is 0 Å². The van der Waals surface area contributed by atoms with Gasteiger partial charge in [-0.15, -0.1) is 11.3 Å². The maximum Gasteiger partial charge on any atom is 0.416 e. The molecule has 4 aromatic carbocycles. The van der Waals surface area contributed by atoms with E-state index in [4.69, 9.17) is 9.47 Å². The highest BCUT2D eigenvalue weighted by Crippen LogP contribution is 2.33. The Balaban J connectivity index is 1.27. The fraction of sp³-hybridized carbons (Fsp3) is 0.184. The van der Waals surface area contributed by atoms with Gasteiger partial charge in [0.15, 0.2) is 17.1 Å². The summed E-state index contributed by atoms with van der Waals surface area (Å²) in [6.07, 6.45) is -3.13. The normalized spacial score (nSPS) is 15.7. The van der Waals surface area contributed by atoms with Crippen molar-refractivity contribution < 1.29 is 27.4 Å². The molecule has 0 saturated carbocycles. The van der Waals surface area contributed by atoms with E-state index in [1.54, 1.807) is 29.2 Å². The van der Waals surface area contributed by atoms with Crippen molar-refractivity contribution in [3.05, 3.63) is 145 Å². The van der Waals surface area contributed by atoms with Crippen LogP contribution in [0.1, 0.15) is 28.3 Å². The molecule has 1 saturated heterocycles. The molecule has 1 amide bonds. The lowest BCUT2D eigenvalue weighted by atomic mass is 9.96. The zero-order chi connectivity index (χ0) is 34.8. The van der Waals surface area contributed by atoms with Gasteiger partial charge in [0.25, 0.3) is 11.5 Å². The molecule has 252 valence electrons. The average molecular weight is 695 g/mol. The highest BCUT2D eigenvalue weighted by atomic mass is 32.1. The van der Waals surface area contributed by atoms with Gasteiger partial charge in [0.05, 0.1) is 21.8 Å². The summed E-state index contributed by atoms with van der Waals surface area (Å²) in [5, 5.41) is 10.4. The quantitative estimate of drug-likeness (QED) is 0.247. The summed E-state index contributed by atoms with van der Waals surface area (Å²) in [6.45, 7) is 1.67. The topological polar surface area (TPSA) is 87.8 Å². The van der Waals surface area contributed by atoms with Crippen molar-refractivity contribution >= 4 is 28.9 Å². The van der Waals surface area contributed by atoms with E-state index in [1.165, 1.54) is 12.1 Å². The summed E-state index contributed by atoms with van der Waals surface area (Å²) in [4.78, 5) is 31.9. The van der Waals surface area contributed by atoms with E-state index in [9.17, 15) is 28.0 Å². The molecule has 5 aromatic rings. The molecule has 50 heavy (non-hydrogen) atoms. The summed E-state index contributed by atoms with van der Waals surface area (Å²) in [5.74, 6) is 0.425. The summed E-state index contributed by atoms with van der Waals surface area (Å²) >= 11 is 0.872. The Kier molecular flexibility index (Phi) is 9.01. The van der Waals surface area contributed by atoms with Gasteiger partial charge in [-0.05, 0) is 53.1 Å². The van der Waals surface area contributed by atoms with Crippen molar-refractivity contribution in [3.63, 3.8) is 0 Å². The molecule has 8 nitrogen and oxygen atoms in total. The van der Waals surface area contributed by atoms with E-state index >= 15 is 0 Å². The second-order valence-electron chi connectivity index (χ2n) is 11.8. The minimum absolute atomic E-state index is 0.0493. The molecule has 0 atom stereocenters. The third kappa shape index (κ3) is 6.53. The number of thiazole rings is 1. The van der Waals surface area contributed by atoms with Crippen molar-refractivity contribution in [2.24, 2.45) is 0 Å². The van der Waals surface area contributed by atoms with Crippen LogP contribution in [-0.2, 0) is 11.0 Å². The minimum Gasteiger partial charge on any atom is -0.454 e. The summed E-state index contributed by atoms with van der Waals surface area (Å²) in [6, 6.07) is 31.4. The predicted molar refractivity (Wildman–Crippen MR) is 182 cm³/mol. The van der Waals surface area contributed by atoms with E-state index in [2.05, 4.69) is 29.2 Å². The van der Waals surface area contributed by atoms with Gasteiger partial charge in [-0.25, -0.2) is 0 Å². The highest BCUT2D eigenvalue weighted by Gasteiger charge is 2.32. The first-order chi connectivity index (χ1) is 24.2. The van der Waals surface area contributed by atoms with Gasteiger partial charge in [-0.1, -0.05) is 72.8 Å². The van der Waals surface area contributed by atoms with Gasteiger partial charge >= 0.3 is 6.18 Å². The molecule has 0 aliphatic carbocycles. The van der Waals surface area contributed by atoms with Crippen LogP contribution < -0.4 is 24.2 Å². The second kappa shape index (κ2) is 13.7. The summed E-state index contributed by atoms with van der Waals surface area (Å²) in [7, 11) is 0. The third-order valence-corrected chi connectivity index (χ3v) is 9.78.